The number of rotatable bonds is 6. The Morgan fingerprint density at radius 3 is 2.86 bits per heavy atom. The smallest absolute Gasteiger partial charge is 0.120 e. The maximum atomic E-state index is 5.80. The molecule has 78 valence electrons. The zero-order valence-electron chi connectivity index (χ0n) is 8.33. The molecule has 0 unspecified atom stereocenters. The molecule has 0 aliphatic heterocycles. The number of ether oxygens (including phenoxy) is 2. The van der Waals surface area contributed by atoms with Gasteiger partial charge in [-0.15, -0.1) is 0 Å². The predicted molar refractivity (Wildman–Crippen MR) is 58.1 cm³/mol. The summed E-state index contributed by atoms with van der Waals surface area (Å²) in [5.74, 6) is 0.814. The van der Waals surface area contributed by atoms with Crippen LogP contribution >= 0.6 is 11.6 Å². The molecule has 1 rings (SSSR count). The second kappa shape index (κ2) is 6.68. The highest BCUT2D eigenvalue weighted by Crippen LogP contribution is 2.16. The highest BCUT2D eigenvalue weighted by Gasteiger charge is 1.94. The van der Waals surface area contributed by atoms with Crippen LogP contribution in [0.2, 0.25) is 5.02 Å². The SMILES string of the molecule is CCOCCCOc1cccc(Cl)c1. The molecule has 0 fully saturated rings. The molecule has 0 aliphatic rings. The van der Waals surface area contributed by atoms with Gasteiger partial charge in [-0.25, -0.2) is 0 Å². The lowest BCUT2D eigenvalue weighted by Crippen LogP contribution is -2.02. The van der Waals surface area contributed by atoms with Gasteiger partial charge in [0.15, 0.2) is 0 Å². The largest absolute Gasteiger partial charge is 0.493 e. The first-order chi connectivity index (χ1) is 6.83. The van der Waals surface area contributed by atoms with Crippen molar-refractivity contribution in [3.05, 3.63) is 29.3 Å². The Morgan fingerprint density at radius 2 is 2.14 bits per heavy atom. The molecule has 0 spiro atoms. The van der Waals surface area contributed by atoms with Crippen LogP contribution in [0.5, 0.6) is 5.75 Å². The Bertz CT molecular complexity index is 263. The van der Waals surface area contributed by atoms with Gasteiger partial charge in [0, 0.05) is 24.7 Å². The van der Waals surface area contributed by atoms with Crippen LogP contribution in [0.1, 0.15) is 13.3 Å². The van der Waals surface area contributed by atoms with Crippen molar-refractivity contribution >= 4 is 11.6 Å². The van der Waals surface area contributed by atoms with Crippen LogP contribution in [0.15, 0.2) is 24.3 Å². The van der Waals surface area contributed by atoms with Crippen molar-refractivity contribution in [2.45, 2.75) is 13.3 Å². The van der Waals surface area contributed by atoms with Gasteiger partial charge in [-0.2, -0.15) is 0 Å². The maximum absolute atomic E-state index is 5.80. The van der Waals surface area contributed by atoms with E-state index in [-0.39, 0.29) is 0 Å². The van der Waals surface area contributed by atoms with Gasteiger partial charge in [-0.05, 0) is 25.1 Å². The summed E-state index contributed by atoms with van der Waals surface area (Å²) in [7, 11) is 0. The highest BCUT2D eigenvalue weighted by molar-refractivity contribution is 6.30. The molecule has 0 saturated heterocycles. The predicted octanol–water partition coefficient (Wildman–Crippen LogP) is 3.15. The van der Waals surface area contributed by atoms with Crippen molar-refractivity contribution in [1.29, 1.82) is 0 Å². The van der Waals surface area contributed by atoms with Gasteiger partial charge in [0.25, 0.3) is 0 Å². The van der Waals surface area contributed by atoms with Gasteiger partial charge in [-0.1, -0.05) is 17.7 Å². The summed E-state index contributed by atoms with van der Waals surface area (Å²) in [5.41, 5.74) is 0. The third kappa shape index (κ3) is 4.49. The van der Waals surface area contributed by atoms with E-state index < -0.39 is 0 Å². The van der Waals surface area contributed by atoms with Gasteiger partial charge in [0.05, 0.1) is 6.61 Å². The lowest BCUT2D eigenvalue weighted by Gasteiger charge is -2.05. The Labute approximate surface area is 89.8 Å². The first-order valence-corrected chi connectivity index (χ1v) is 5.17. The standard InChI is InChI=1S/C11H15ClO2/c1-2-13-7-4-8-14-11-6-3-5-10(12)9-11/h3,5-6,9H,2,4,7-8H2,1H3. The van der Waals surface area contributed by atoms with Gasteiger partial charge in [0.1, 0.15) is 5.75 Å². The van der Waals surface area contributed by atoms with Gasteiger partial charge < -0.3 is 9.47 Å². The Hall–Kier alpha value is -0.730. The molecule has 0 saturated carbocycles. The zero-order valence-corrected chi connectivity index (χ0v) is 9.09. The summed E-state index contributed by atoms with van der Waals surface area (Å²) in [5, 5.41) is 0.701. The maximum Gasteiger partial charge on any atom is 0.120 e. The number of hydrogen-bond acceptors (Lipinski definition) is 2. The van der Waals surface area contributed by atoms with Crippen molar-refractivity contribution in [3.63, 3.8) is 0 Å². The molecular weight excluding hydrogens is 200 g/mol. The van der Waals surface area contributed by atoms with E-state index in [1.54, 1.807) is 0 Å². The van der Waals surface area contributed by atoms with Crippen LogP contribution in [-0.4, -0.2) is 19.8 Å². The molecule has 0 aliphatic carbocycles. The van der Waals surface area contributed by atoms with E-state index in [2.05, 4.69) is 0 Å². The van der Waals surface area contributed by atoms with E-state index in [0.717, 1.165) is 25.4 Å². The van der Waals surface area contributed by atoms with Gasteiger partial charge in [0.2, 0.25) is 0 Å². The molecule has 0 aromatic heterocycles. The molecule has 0 amide bonds. The number of benzene rings is 1. The minimum absolute atomic E-state index is 0.667. The molecule has 0 N–H and O–H groups in total. The molecule has 2 nitrogen and oxygen atoms in total. The number of halogens is 1. The van der Waals surface area contributed by atoms with E-state index in [9.17, 15) is 0 Å². The monoisotopic (exact) mass is 214 g/mol. The van der Waals surface area contributed by atoms with E-state index >= 15 is 0 Å². The summed E-state index contributed by atoms with van der Waals surface area (Å²) in [6, 6.07) is 7.41. The normalized spacial score (nSPS) is 10.1. The van der Waals surface area contributed by atoms with Crippen LogP contribution in [0, 0.1) is 0 Å². The Morgan fingerprint density at radius 1 is 1.29 bits per heavy atom. The van der Waals surface area contributed by atoms with Crippen molar-refractivity contribution in [3.8, 4) is 5.75 Å². The summed E-state index contributed by atoms with van der Waals surface area (Å²) >= 11 is 5.80. The fraction of sp³-hybridized carbons (Fsp3) is 0.455. The average molecular weight is 215 g/mol. The van der Waals surface area contributed by atoms with Crippen LogP contribution in [-0.2, 0) is 4.74 Å². The topological polar surface area (TPSA) is 18.5 Å². The first kappa shape index (κ1) is 11.3. The lowest BCUT2D eigenvalue weighted by atomic mass is 10.3. The van der Waals surface area contributed by atoms with Crippen LogP contribution < -0.4 is 4.74 Å². The third-order valence-corrected chi connectivity index (χ3v) is 1.94. The first-order valence-electron chi connectivity index (χ1n) is 4.79. The lowest BCUT2D eigenvalue weighted by molar-refractivity contribution is 0.131. The number of hydrogen-bond donors (Lipinski definition) is 0. The molecule has 1 aromatic rings. The van der Waals surface area contributed by atoms with Crippen LogP contribution in [0.4, 0.5) is 0 Å². The van der Waals surface area contributed by atoms with Gasteiger partial charge >= 0.3 is 0 Å². The summed E-state index contributed by atoms with van der Waals surface area (Å²) in [4.78, 5) is 0. The molecule has 14 heavy (non-hydrogen) atoms. The minimum Gasteiger partial charge on any atom is -0.493 e. The Kier molecular flexibility index (Phi) is 5.42. The summed E-state index contributed by atoms with van der Waals surface area (Å²) in [6.07, 6.45) is 0.903. The van der Waals surface area contributed by atoms with E-state index in [1.165, 1.54) is 0 Å². The fourth-order valence-electron chi connectivity index (χ4n) is 1.05. The van der Waals surface area contributed by atoms with E-state index in [4.69, 9.17) is 21.1 Å². The molecule has 0 bridgehead atoms. The van der Waals surface area contributed by atoms with Crippen molar-refractivity contribution in [1.82, 2.24) is 0 Å². The minimum atomic E-state index is 0.667. The second-order valence-electron chi connectivity index (χ2n) is 2.86. The van der Waals surface area contributed by atoms with Crippen molar-refractivity contribution < 1.29 is 9.47 Å². The highest BCUT2D eigenvalue weighted by atomic mass is 35.5. The Balaban J connectivity index is 2.18. The van der Waals surface area contributed by atoms with Crippen molar-refractivity contribution in [2.24, 2.45) is 0 Å². The van der Waals surface area contributed by atoms with E-state index in [1.807, 2.05) is 31.2 Å². The quantitative estimate of drug-likeness (QED) is 0.678. The van der Waals surface area contributed by atoms with E-state index in [0.29, 0.717) is 11.6 Å². The zero-order chi connectivity index (χ0) is 10.2. The fourth-order valence-corrected chi connectivity index (χ4v) is 1.23. The molecule has 3 heteroatoms. The molecule has 0 heterocycles. The molecule has 0 radical (unpaired) electrons. The summed E-state index contributed by atoms with van der Waals surface area (Å²) in [6.45, 7) is 4.16. The molecular formula is C11H15ClO2. The molecule has 0 atom stereocenters. The van der Waals surface area contributed by atoms with Crippen molar-refractivity contribution in [2.75, 3.05) is 19.8 Å². The summed E-state index contributed by atoms with van der Waals surface area (Å²) < 4.78 is 10.7. The van der Waals surface area contributed by atoms with Crippen LogP contribution in [0.25, 0.3) is 0 Å². The average Bonchev–Trinajstić information content (AvgIpc) is 2.18. The van der Waals surface area contributed by atoms with Gasteiger partial charge in [-0.3, -0.25) is 0 Å². The second-order valence-corrected chi connectivity index (χ2v) is 3.29. The van der Waals surface area contributed by atoms with Crippen LogP contribution in [0.3, 0.4) is 0 Å². The third-order valence-electron chi connectivity index (χ3n) is 1.70. The molecule has 1 aromatic carbocycles.